The van der Waals surface area contributed by atoms with Gasteiger partial charge >= 0.3 is 5.97 Å². The third-order valence-corrected chi connectivity index (χ3v) is 5.50. The molecule has 1 fully saturated rings. The average molecular weight is 419 g/mol. The zero-order valence-corrected chi connectivity index (χ0v) is 17.8. The molecule has 1 aliphatic rings. The Kier molecular flexibility index (Phi) is 7.34. The normalized spacial score (nSPS) is 19.6. The number of benzene rings is 1. The first-order valence-electron chi connectivity index (χ1n) is 9.84. The molecule has 0 saturated carbocycles. The number of nitrogens with zero attached hydrogens (tertiary/aromatic N) is 2. The zero-order chi connectivity index (χ0) is 20.8. The summed E-state index contributed by atoms with van der Waals surface area (Å²) in [5.74, 6) is 0.834. The molecule has 0 N–H and O–H groups in total. The van der Waals surface area contributed by atoms with Crippen LogP contribution in [0.4, 0.5) is 0 Å². The molecule has 2 aromatic rings. The number of rotatable bonds is 7. The number of halogens is 1. The van der Waals surface area contributed by atoms with Gasteiger partial charge in [0.2, 0.25) is 5.88 Å². The molecule has 3 rings (SSSR count). The third-order valence-electron chi connectivity index (χ3n) is 5.20. The fourth-order valence-corrected chi connectivity index (χ4v) is 3.99. The summed E-state index contributed by atoms with van der Waals surface area (Å²) >= 11 is 6.15. The molecule has 0 unspecified atom stereocenters. The van der Waals surface area contributed by atoms with Gasteiger partial charge in [0, 0.05) is 18.0 Å². The van der Waals surface area contributed by atoms with Crippen molar-refractivity contribution in [2.24, 2.45) is 5.92 Å². The molecule has 6 nitrogen and oxygen atoms in total. The number of carbonyl (C=O) groups is 1. The van der Waals surface area contributed by atoms with E-state index >= 15 is 0 Å². The summed E-state index contributed by atoms with van der Waals surface area (Å²) in [7, 11) is 3.76. The number of piperidine rings is 1. The summed E-state index contributed by atoms with van der Waals surface area (Å²) in [6, 6.07) is 11.5. The first-order chi connectivity index (χ1) is 14.0. The molecule has 0 amide bonds. The highest BCUT2D eigenvalue weighted by Gasteiger charge is 2.32. The molecule has 7 heteroatoms. The average Bonchev–Trinajstić information content (AvgIpc) is 2.73. The van der Waals surface area contributed by atoms with E-state index in [1.54, 1.807) is 19.2 Å². The van der Waals surface area contributed by atoms with Crippen LogP contribution in [0.15, 0.2) is 36.4 Å². The van der Waals surface area contributed by atoms with Crippen LogP contribution in [0.5, 0.6) is 11.6 Å². The van der Waals surface area contributed by atoms with Crippen LogP contribution in [0.1, 0.15) is 41.9 Å². The zero-order valence-electron chi connectivity index (χ0n) is 17.1. The Morgan fingerprint density at radius 1 is 1.24 bits per heavy atom. The monoisotopic (exact) mass is 418 g/mol. The van der Waals surface area contributed by atoms with Crippen LogP contribution in [-0.4, -0.2) is 49.8 Å². The standard InChI is InChI=1S/C22H27ClN2O4/c1-4-28-19-12-11-18(23)20(24-19)22(26)29-14-16-6-5-13-25(2)21(16)15-7-9-17(27-3)10-8-15/h7-12,16,21H,4-6,13-14H2,1-3H3/t16-,21+/m0/s1. The van der Waals surface area contributed by atoms with E-state index in [9.17, 15) is 4.79 Å². The minimum Gasteiger partial charge on any atom is -0.497 e. The molecule has 0 aliphatic carbocycles. The van der Waals surface area contributed by atoms with Gasteiger partial charge < -0.3 is 14.2 Å². The number of likely N-dealkylation sites (tertiary alicyclic amines) is 1. The number of methoxy groups -OCH3 is 1. The fraction of sp³-hybridized carbons (Fsp3) is 0.455. The fourth-order valence-electron chi connectivity index (χ4n) is 3.81. The highest BCUT2D eigenvalue weighted by atomic mass is 35.5. The van der Waals surface area contributed by atoms with Crippen LogP contribution in [-0.2, 0) is 4.74 Å². The van der Waals surface area contributed by atoms with E-state index in [1.807, 2.05) is 19.1 Å². The summed E-state index contributed by atoms with van der Waals surface area (Å²) in [4.78, 5) is 19.1. The summed E-state index contributed by atoms with van der Waals surface area (Å²) < 4.78 is 16.3. The molecule has 1 aliphatic heterocycles. The van der Waals surface area contributed by atoms with Crippen LogP contribution >= 0.6 is 11.6 Å². The Balaban J connectivity index is 1.72. The topological polar surface area (TPSA) is 60.9 Å². The van der Waals surface area contributed by atoms with Gasteiger partial charge in [-0.1, -0.05) is 23.7 Å². The van der Waals surface area contributed by atoms with Crippen molar-refractivity contribution in [2.75, 3.05) is 33.9 Å². The van der Waals surface area contributed by atoms with Crippen LogP contribution in [0.2, 0.25) is 5.02 Å². The Morgan fingerprint density at radius 2 is 2.00 bits per heavy atom. The number of pyridine rings is 1. The second-order valence-corrected chi connectivity index (χ2v) is 7.52. The van der Waals surface area contributed by atoms with E-state index < -0.39 is 5.97 Å². The number of aromatic nitrogens is 1. The number of ether oxygens (including phenoxy) is 3. The molecule has 1 aromatic carbocycles. The Morgan fingerprint density at radius 3 is 2.69 bits per heavy atom. The molecule has 0 radical (unpaired) electrons. The van der Waals surface area contributed by atoms with Crippen molar-refractivity contribution < 1.29 is 19.0 Å². The van der Waals surface area contributed by atoms with Gasteiger partial charge in [-0.25, -0.2) is 9.78 Å². The SMILES string of the molecule is CCOc1ccc(Cl)c(C(=O)OC[C@@H]2CCCN(C)[C@@H]2c2ccc(OC)cc2)n1. The van der Waals surface area contributed by atoms with Crippen molar-refractivity contribution in [2.45, 2.75) is 25.8 Å². The minimum atomic E-state index is -0.529. The maximum atomic E-state index is 12.6. The highest BCUT2D eigenvalue weighted by Crippen LogP contribution is 2.36. The Hall–Kier alpha value is -2.31. The van der Waals surface area contributed by atoms with E-state index in [1.165, 1.54) is 5.56 Å². The summed E-state index contributed by atoms with van der Waals surface area (Å²) in [6.45, 7) is 3.62. The summed E-state index contributed by atoms with van der Waals surface area (Å²) in [5.41, 5.74) is 1.27. The smallest absolute Gasteiger partial charge is 0.358 e. The minimum absolute atomic E-state index is 0.0859. The van der Waals surface area contributed by atoms with E-state index in [2.05, 4.69) is 29.1 Å². The first-order valence-corrected chi connectivity index (χ1v) is 10.2. The predicted molar refractivity (Wildman–Crippen MR) is 112 cm³/mol. The second-order valence-electron chi connectivity index (χ2n) is 7.11. The van der Waals surface area contributed by atoms with Crippen molar-refractivity contribution in [3.05, 3.63) is 52.7 Å². The Labute approximate surface area is 176 Å². The molecule has 156 valence electrons. The maximum absolute atomic E-state index is 12.6. The highest BCUT2D eigenvalue weighted by molar-refractivity contribution is 6.33. The molecule has 2 heterocycles. The first kappa shape index (κ1) is 21.4. The Bertz CT molecular complexity index is 828. The van der Waals surface area contributed by atoms with Gasteiger partial charge in [-0.3, -0.25) is 4.90 Å². The summed E-state index contributed by atoms with van der Waals surface area (Å²) in [6.07, 6.45) is 2.04. The van der Waals surface area contributed by atoms with Gasteiger partial charge in [0.15, 0.2) is 5.69 Å². The van der Waals surface area contributed by atoms with Gasteiger partial charge in [-0.15, -0.1) is 0 Å². The van der Waals surface area contributed by atoms with Gasteiger partial charge in [0.25, 0.3) is 0 Å². The van der Waals surface area contributed by atoms with Gasteiger partial charge in [-0.2, -0.15) is 0 Å². The van der Waals surface area contributed by atoms with Crippen molar-refractivity contribution in [1.82, 2.24) is 9.88 Å². The molecule has 0 spiro atoms. The lowest BCUT2D eigenvalue weighted by atomic mass is 9.85. The number of hydrogen-bond donors (Lipinski definition) is 0. The van der Waals surface area contributed by atoms with Crippen molar-refractivity contribution >= 4 is 17.6 Å². The van der Waals surface area contributed by atoms with Crippen molar-refractivity contribution in [3.8, 4) is 11.6 Å². The van der Waals surface area contributed by atoms with E-state index in [-0.39, 0.29) is 22.7 Å². The van der Waals surface area contributed by atoms with Crippen molar-refractivity contribution in [1.29, 1.82) is 0 Å². The maximum Gasteiger partial charge on any atom is 0.358 e. The molecule has 29 heavy (non-hydrogen) atoms. The lowest BCUT2D eigenvalue weighted by molar-refractivity contribution is 0.0230. The molecule has 2 atom stereocenters. The van der Waals surface area contributed by atoms with E-state index in [0.717, 1.165) is 25.1 Å². The molecular formula is C22H27ClN2O4. The van der Waals surface area contributed by atoms with Crippen LogP contribution in [0.3, 0.4) is 0 Å². The molecule has 0 bridgehead atoms. The summed E-state index contributed by atoms with van der Waals surface area (Å²) in [5, 5.41) is 0.255. The molecule has 1 saturated heterocycles. The second kappa shape index (κ2) is 9.94. The predicted octanol–water partition coefficient (Wildman–Crippen LogP) is 4.38. The van der Waals surface area contributed by atoms with Crippen LogP contribution < -0.4 is 9.47 Å². The lowest BCUT2D eigenvalue weighted by Gasteiger charge is -2.39. The van der Waals surface area contributed by atoms with Crippen LogP contribution in [0.25, 0.3) is 0 Å². The van der Waals surface area contributed by atoms with Gasteiger partial charge in [0.1, 0.15) is 5.75 Å². The number of esters is 1. The molecular weight excluding hydrogens is 392 g/mol. The lowest BCUT2D eigenvalue weighted by Crippen LogP contribution is -2.38. The largest absolute Gasteiger partial charge is 0.497 e. The van der Waals surface area contributed by atoms with E-state index in [4.69, 9.17) is 25.8 Å². The molecule has 1 aromatic heterocycles. The van der Waals surface area contributed by atoms with Crippen molar-refractivity contribution in [3.63, 3.8) is 0 Å². The number of hydrogen-bond acceptors (Lipinski definition) is 6. The third kappa shape index (κ3) is 5.19. The van der Waals surface area contributed by atoms with Gasteiger partial charge in [-0.05, 0) is 57.1 Å². The quantitative estimate of drug-likeness (QED) is 0.622. The van der Waals surface area contributed by atoms with Gasteiger partial charge in [0.05, 0.1) is 25.3 Å². The van der Waals surface area contributed by atoms with E-state index in [0.29, 0.717) is 19.1 Å². The number of carbonyl (C=O) groups excluding carboxylic acids is 1. The van der Waals surface area contributed by atoms with Crippen LogP contribution in [0, 0.1) is 5.92 Å².